The zero-order valence-electron chi connectivity index (χ0n) is 9.35. The fourth-order valence-corrected chi connectivity index (χ4v) is 2.74. The minimum Gasteiger partial charge on any atom is -0.481 e. The summed E-state index contributed by atoms with van der Waals surface area (Å²) >= 11 is 0. The van der Waals surface area contributed by atoms with Crippen molar-refractivity contribution < 1.29 is 18.9 Å². The molecule has 1 amide bonds. The Kier molecular flexibility index (Phi) is 4.92. The molecule has 0 aromatic heterocycles. The smallest absolute Gasteiger partial charge is 0.303 e. The van der Waals surface area contributed by atoms with E-state index in [0.717, 1.165) is 0 Å². The zero-order valence-corrected chi connectivity index (χ0v) is 10.2. The van der Waals surface area contributed by atoms with Gasteiger partial charge in [-0.15, -0.1) is 0 Å². The Labute approximate surface area is 97.3 Å². The van der Waals surface area contributed by atoms with Gasteiger partial charge in [-0.25, -0.2) is 0 Å². The van der Waals surface area contributed by atoms with Crippen LogP contribution >= 0.6 is 0 Å². The maximum atomic E-state index is 11.7. The van der Waals surface area contributed by atoms with Gasteiger partial charge in [-0.2, -0.15) is 0 Å². The van der Waals surface area contributed by atoms with Crippen molar-refractivity contribution in [3.63, 3.8) is 0 Å². The summed E-state index contributed by atoms with van der Waals surface area (Å²) in [5, 5.41) is 8.58. The summed E-state index contributed by atoms with van der Waals surface area (Å²) in [6.07, 6.45) is 0.282. The number of nitrogens with zero attached hydrogens (tertiary/aromatic N) is 1. The minimum atomic E-state index is -0.875. The summed E-state index contributed by atoms with van der Waals surface area (Å²) in [5.41, 5.74) is 0. The topological polar surface area (TPSA) is 74.7 Å². The molecule has 1 rings (SSSR count). The lowest BCUT2D eigenvalue weighted by Gasteiger charge is -2.27. The van der Waals surface area contributed by atoms with E-state index in [1.54, 1.807) is 11.8 Å². The number of hydrogen-bond acceptors (Lipinski definition) is 3. The molecule has 1 N–H and O–H groups in total. The third-order valence-electron chi connectivity index (χ3n) is 2.58. The van der Waals surface area contributed by atoms with E-state index in [9.17, 15) is 13.8 Å². The first-order valence-corrected chi connectivity index (χ1v) is 6.82. The molecule has 1 unspecified atom stereocenters. The molecular formula is C10H17NO4S. The number of amides is 1. The lowest BCUT2D eigenvalue weighted by atomic mass is 10.0. The lowest BCUT2D eigenvalue weighted by molar-refractivity contribution is -0.138. The SMILES string of the molecule is CC(CC(=O)O)CC(=O)N1CCS(=O)CC1. The van der Waals surface area contributed by atoms with Gasteiger partial charge in [0.05, 0.1) is 0 Å². The number of hydrogen-bond donors (Lipinski definition) is 1. The zero-order chi connectivity index (χ0) is 12.1. The molecule has 1 aliphatic rings. The molecular weight excluding hydrogens is 230 g/mol. The van der Waals surface area contributed by atoms with Gasteiger partial charge in [-0.05, 0) is 5.92 Å². The van der Waals surface area contributed by atoms with Crippen LogP contribution in [0.4, 0.5) is 0 Å². The van der Waals surface area contributed by atoms with Gasteiger partial charge in [0.2, 0.25) is 5.91 Å². The first-order chi connectivity index (χ1) is 7.49. The fourth-order valence-electron chi connectivity index (χ4n) is 1.68. The van der Waals surface area contributed by atoms with Crippen molar-refractivity contribution in [2.45, 2.75) is 19.8 Å². The Balaban J connectivity index is 2.34. The van der Waals surface area contributed by atoms with E-state index in [2.05, 4.69) is 0 Å². The van der Waals surface area contributed by atoms with Gasteiger partial charge < -0.3 is 10.0 Å². The van der Waals surface area contributed by atoms with E-state index in [1.807, 2.05) is 0 Å². The molecule has 1 saturated heterocycles. The van der Waals surface area contributed by atoms with Crippen molar-refractivity contribution >= 4 is 22.7 Å². The van der Waals surface area contributed by atoms with Crippen LogP contribution in [-0.4, -0.2) is 50.7 Å². The molecule has 0 bridgehead atoms. The molecule has 1 aliphatic heterocycles. The molecule has 0 aliphatic carbocycles. The van der Waals surface area contributed by atoms with Gasteiger partial charge >= 0.3 is 5.97 Å². The van der Waals surface area contributed by atoms with Gasteiger partial charge in [0.15, 0.2) is 0 Å². The van der Waals surface area contributed by atoms with Crippen molar-refractivity contribution in [1.82, 2.24) is 4.90 Å². The van der Waals surface area contributed by atoms with Crippen LogP contribution in [0, 0.1) is 5.92 Å². The molecule has 5 nitrogen and oxygen atoms in total. The number of rotatable bonds is 4. The number of carbonyl (C=O) groups excluding carboxylic acids is 1. The molecule has 1 atom stereocenters. The summed E-state index contributed by atoms with van der Waals surface area (Å²) in [7, 11) is -0.787. The monoisotopic (exact) mass is 247 g/mol. The number of carbonyl (C=O) groups is 2. The van der Waals surface area contributed by atoms with Crippen LogP contribution < -0.4 is 0 Å². The molecule has 0 spiro atoms. The van der Waals surface area contributed by atoms with Crippen molar-refractivity contribution in [2.75, 3.05) is 24.6 Å². The maximum Gasteiger partial charge on any atom is 0.303 e. The highest BCUT2D eigenvalue weighted by Crippen LogP contribution is 2.11. The van der Waals surface area contributed by atoms with E-state index in [1.165, 1.54) is 0 Å². The first-order valence-electron chi connectivity index (χ1n) is 5.33. The van der Waals surface area contributed by atoms with E-state index >= 15 is 0 Å². The van der Waals surface area contributed by atoms with Crippen LogP contribution in [0.2, 0.25) is 0 Å². The molecule has 1 heterocycles. The predicted molar refractivity (Wildman–Crippen MR) is 60.5 cm³/mol. The van der Waals surface area contributed by atoms with Gasteiger partial charge in [-0.3, -0.25) is 13.8 Å². The Hall–Kier alpha value is -0.910. The summed E-state index contributed by atoms with van der Waals surface area (Å²) in [6.45, 7) is 2.82. The van der Waals surface area contributed by atoms with Crippen LogP contribution in [0.15, 0.2) is 0 Å². The summed E-state index contributed by atoms with van der Waals surface area (Å²) < 4.78 is 11.1. The van der Waals surface area contributed by atoms with E-state index in [-0.39, 0.29) is 24.7 Å². The number of aliphatic carboxylic acids is 1. The third-order valence-corrected chi connectivity index (χ3v) is 3.85. The Morgan fingerprint density at radius 1 is 1.31 bits per heavy atom. The fraction of sp³-hybridized carbons (Fsp3) is 0.800. The van der Waals surface area contributed by atoms with Crippen molar-refractivity contribution in [1.29, 1.82) is 0 Å². The van der Waals surface area contributed by atoms with Crippen molar-refractivity contribution in [2.24, 2.45) is 5.92 Å². The highest BCUT2D eigenvalue weighted by Gasteiger charge is 2.22. The molecule has 0 radical (unpaired) electrons. The first kappa shape index (κ1) is 13.2. The molecule has 0 saturated carbocycles. The summed E-state index contributed by atoms with van der Waals surface area (Å²) in [4.78, 5) is 23.9. The summed E-state index contributed by atoms with van der Waals surface area (Å²) in [5.74, 6) is 0.0425. The van der Waals surface area contributed by atoms with Gasteiger partial charge in [0.25, 0.3) is 0 Å². The minimum absolute atomic E-state index is 0.0194. The molecule has 92 valence electrons. The van der Waals surface area contributed by atoms with Gasteiger partial charge in [0.1, 0.15) is 0 Å². The highest BCUT2D eigenvalue weighted by molar-refractivity contribution is 7.85. The largest absolute Gasteiger partial charge is 0.481 e. The molecule has 1 fully saturated rings. The quantitative estimate of drug-likeness (QED) is 0.763. The van der Waals surface area contributed by atoms with E-state index in [4.69, 9.17) is 5.11 Å². The molecule has 0 aromatic rings. The second kappa shape index (κ2) is 5.98. The standard InChI is InChI=1S/C10H17NO4S/c1-8(7-10(13)14)6-9(12)11-2-4-16(15)5-3-11/h8H,2-7H2,1H3,(H,13,14). The lowest BCUT2D eigenvalue weighted by Crippen LogP contribution is -2.42. The number of carboxylic acids is 1. The van der Waals surface area contributed by atoms with Gasteiger partial charge in [-0.1, -0.05) is 6.92 Å². The van der Waals surface area contributed by atoms with Crippen LogP contribution in [0.1, 0.15) is 19.8 Å². The van der Waals surface area contributed by atoms with Crippen molar-refractivity contribution in [3.05, 3.63) is 0 Å². The normalized spacial score (nSPS) is 19.4. The van der Waals surface area contributed by atoms with Gasteiger partial charge in [0, 0.05) is 48.2 Å². The Morgan fingerprint density at radius 2 is 1.88 bits per heavy atom. The second-order valence-electron chi connectivity index (χ2n) is 4.14. The number of carboxylic acid groups (broad SMARTS) is 1. The van der Waals surface area contributed by atoms with Crippen LogP contribution in [0.3, 0.4) is 0 Å². The average molecular weight is 247 g/mol. The molecule has 6 heteroatoms. The third kappa shape index (κ3) is 4.30. The molecule has 16 heavy (non-hydrogen) atoms. The maximum absolute atomic E-state index is 11.7. The Bertz CT molecular complexity index is 295. The van der Waals surface area contributed by atoms with Crippen LogP contribution in [0.25, 0.3) is 0 Å². The van der Waals surface area contributed by atoms with E-state index in [0.29, 0.717) is 24.6 Å². The van der Waals surface area contributed by atoms with Crippen molar-refractivity contribution in [3.8, 4) is 0 Å². The van der Waals surface area contributed by atoms with Crippen LogP contribution in [0.5, 0.6) is 0 Å². The van der Waals surface area contributed by atoms with Crippen LogP contribution in [-0.2, 0) is 20.4 Å². The summed E-state index contributed by atoms with van der Waals surface area (Å²) in [6, 6.07) is 0. The average Bonchev–Trinajstić information content (AvgIpc) is 2.16. The Morgan fingerprint density at radius 3 is 2.38 bits per heavy atom. The predicted octanol–water partition coefficient (Wildman–Crippen LogP) is 0.0782. The highest BCUT2D eigenvalue weighted by atomic mass is 32.2. The second-order valence-corrected chi connectivity index (χ2v) is 5.83. The van der Waals surface area contributed by atoms with E-state index < -0.39 is 16.8 Å². The molecule has 0 aromatic carbocycles.